The van der Waals surface area contributed by atoms with Crippen LogP contribution in [0.2, 0.25) is 0 Å². The molecule has 7 heteroatoms. The van der Waals surface area contributed by atoms with Gasteiger partial charge >= 0.3 is 5.97 Å². The number of hydrogen-bond acceptors (Lipinski definition) is 4. The molecule has 0 radical (unpaired) electrons. The van der Waals surface area contributed by atoms with E-state index in [9.17, 15) is 9.59 Å². The molecule has 2 atom stereocenters. The molecule has 0 saturated carbocycles. The Morgan fingerprint density at radius 3 is 3.00 bits per heavy atom. The highest BCUT2D eigenvalue weighted by Gasteiger charge is 2.22. The minimum absolute atomic E-state index is 0.205. The van der Waals surface area contributed by atoms with Crippen LogP contribution in [0, 0.1) is 5.92 Å². The van der Waals surface area contributed by atoms with Crippen LogP contribution >= 0.6 is 0 Å². The van der Waals surface area contributed by atoms with Crippen LogP contribution in [-0.2, 0) is 16.0 Å². The number of H-pyrrole nitrogens is 1. The minimum Gasteiger partial charge on any atom is -0.480 e. The van der Waals surface area contributed by atoms with Gasteiger partial charge in [0.05, 0.1) is 6.33 Å². The Kier molecular flexibility index (Phi) is 5.11. The minimum atomic E-state index is -1.03. The van der Waals surface area contributed by atoms with Gasteiger partial charge in [0.2, 0.25) is 5.91 Å². The zero-order valence-corrected chi connectivity index (χ0v) is 11.3. The van der Waals surface area contributed by atoms with Crippen molar-refractivity contribution in [2.75, 3.05) is 13.1 Å². The molecule has 0 bridgehead atoms. The first-order valence-electron chi connectivity index (χ1n) is 6.85. The van der Waals surface area contributed by atoms with Crippen molar-refractivity contribution in [3.05, 3.63) is 18.2 Å². The lowest BCUT2D eigenvalue weighted by Crippen LogP contribution is -2.42. The largest absolute Gasteiger partial charge is 0.480 e. The van der Waals surface area contributed by atoms with Gasteiger partial charge in [0, 0.05) is 24.7 Å². The van der Waals surface area contributed by atoms with E-state index < -0.39 is 12.0 Å². The molecule has 1 aromatic heterocycles. The Bertz CT molecular complexity index is 440. The number of rotatable bonds is 7. The van der Waals surface area contributed by atoms with E-state index in [0.717, 1.165) is 25.9 Å². The van der Waals surface area contributed by atoms with E-state index in [1.54, 1.807) is 6.20 Å². The molecule has 2 rings (SSSR count). The van der Waals surface area contributed by atoms with E-state index in [0.29, 0.717) is 18.0 Å². The van der Waals surface area contributed by atoms with Crippen molar-refractivity contribution in [2.24, 2.45) is 5.92 Å². The molecule has 1 aromatic rings. The smallest absolute Gasteiger partial charge is 0.326 e. The van der Waals surface area contributed by atoms with Crippen LogP contribution in [0.4, 0.5) is 0 Å². The monoisotopic (exact) mass is 280 g/mol. The van der Waals surface area contributed by atoms with Gasteiger partial charge in [0.25, 0.3) is 0 Å². The fraction of sp³-hybridized carbons (Fsp3) is 0.615. The second kappa shape index (κ2) is 7.04. The quantitative estimate of drug-likeness (QED) is 0.558. The molecular formula is C13H20N4O3. The number of aliphatic carboxylic acids is 1. The van der Waals surface area contributed by atoms with Crippen LogP contribution in [-0.4, -0.2) is 46.1 Å². The summed E-state index contributed by atoms with van der Waals surface area (Å²) in [5.74, 6) is -0.712. The lowest BCUT2D eigenvalue weighted by atomic mass is 10.0. The highest BCUT2D eigenvalue weighted by Crippen LogP contribution is 2.14. The topological polar surface area (TPSA) is 107 Å². The molecule has 1 unspecified atom stereocenters. The van der Waals surface area contributed by atoms with Crippen molar-refractivity contribution in [1.82, 2.24) is 20.6 Å². The molecule has 0 aromatic carbocycles. The zero-order chi connectivity index (χ0) is 14.4. The summed E-state index contributed by atoms with van der Waals surface area (Å²) in [6.45, 7) is 1.95. The number of imidazole rings is 1. The molecule has 1 amide bonds. The number of amides is 1. The summed E-state index contributed by atoms with van der Waals surface area (Å²) in [5.41, 5.74) is 0.692. The molecule has 4 N–H and O–H groups in total. The normalized spacial score (nSPS) is 19.7. The van der Waals surface area contributed by atoms with E-state index in [4.69, 9.17) is 5.11 Å². The molecule has 1 fully saturated rings. The fourth-order valence-electron chi connectivity index (χ4n) is 2.38. The average molecular weight is 280 g/mol. The number of carbonyl (C=O) groups excluding carboxylic acids is 1. The molecule has 1 saturated heterocycles. The maximum Gasteiger partial charge on any atom is 0.326 e. The van der Waals surface area contributed by atoms with Crippen molar-refractivity contribution >= 4 is 11.9 Å². The standard InChI is InChI=1S/C13H20N4O3/c18-12(2-1-9-3-4-14-6-9)17-11(13(19)20)5-10-7-15-8-16-10/h7-9,11,14H,1-6H2,(H,15,16)(H,17,18)(H,19,20)/t9?,11-/m0/s1. The van der Waals surface area contributed by atoms with Gasteiger partial charge in [-0.05, 0) is 31.8 Å². The van der Waals surface area contributed by atoms with Crippen molar-refractivity contribution in [3.63, 3.8) is 0 Å². The van der Waals surface area contributed by atoms with Crippen molar-refractivity contribution < 1.29 is 14.7 Å². The average Bonchev–Trinajstić information content (AvgIpc) is 3.08. The predicted octanol–water partition coefficient (Wildman–Crippen LogP) is -0.0887. The first-order valence-corrected chi connectivity index (χ1v) is 6.85. The molecule has 2 heterocycles. The molecule has 0 aliphatic carbocycles. The van der Waals surface area contributed by atoms with Gasteiger partial charge in [-0.3, -0.25) is 4.79 Å². The molecule has 1 aliphatic rings. The Morgan fingerprint density at radius 1 is 1.55 bits per heavy atom. The summed E-state index contributed by atoms with van der Waals surface area (Å²) in [6, 6.07) is -0.912. The van der Waals surface area contributed by atoms with Crippen LogP contribution in [0.1, 0.15) is 25.0 Å². The van der Waals surface area contributed by atoms with E-state index in [1.165, 1.54) is 6.33 Å². The number of carbonyl (C=O) groups is 2. The van der Waals surface area contributed by atoms with E-state index in [2.05, 4.69) is 20.6 Å². The highest BCUT2D eigenvalue weighted by molar-refractivity contribution is 5.83. The third-order valence-corrected chi connectivity index (χ3v) is 3.55. The van der Waals surface area contributed by atoms with Crippen molar-refractivity contribution in [3.8, 4) is 0 Å². The van der Waals surface area contributed by atoms with Gasteiger partial charge in [-0.15, -0.1) is 0 Å². The summed E-state index contributed by atoms with van der Waals surface area (Å²) < 4.78 is 0. The lowest BCUT2D eigenvalue weighted by Gasteiger charge is -2.14. The number of carboxylic acid groups (broad SMARTS) is 1. The maximum absolute atomic E-state index is 11.8. The molecule has 110 valence electrons. The number of aromatic amines is 1. The molecular weight excluding hydrogens is 260 g/mol. The number of nitrogens with zero attached hydrogens (tertiary/aromatic N) is 1. The number of carboxylic acids is 1. The van der Waals surface area contributed by atoms with Crippen LogP contribution in [0.3, 0.4) is 0 Å². The summed E-state index contributed by atoms with van der Waals surface area (Å²) in [6.07, 6.45) is 5.53. The predicted molar refractivity (Wildman–Crippen MR) is 72.1 cm³/mol. The first-order chi connectivity index (χ1) is 9.65. The summed E-state index contributed by atoms with van der Waals surface area (Å²) in [5, 5.41) is 15.0. The van der Waals surface area contributed by atoms with Gasteiger partial charge in [0.1, 0.15) is 6.04 Å². The third kappa shape index (κ3) is 4.34. The second-order valence-corrected chi connectivity index (χ2v) is 5.14. The molecule has 20 heavy (non-hydrogen) atoms. The first kappa shape index (κ1) is 14.5. The third-order valence-electron chi connectivity index (χ3n) is 3.55. The Morgan fingerprint density at radius 2 is 2.40 bits per heavy atom. The molecule has 1 aliphatic heterocycles. The van der Waals surface area contributed by atoms with Gasteiger partial charge in [-0.2, -0.15) is 0 Å². The number of aromatic nitrogens is 2. The van der Waals surface area contributed by atoms with E-state index in [1.807, 2.05) is 0 Å². The molecule has 7 nitrogen and oxygen atoms in total. The van der Waals surface area contributed by atoms with Crippen molar-refractivity contribution in [2.45, 2.75) is 31.7 Å². The lowest BCUT2D eigenvalue weighted by molar-refractivity contribution is -0.141. The van der Waals surface area contributed by atoms with E-state index in [-0.39, 0.29) is 12.3 Å². The number of hydrogen-bond donors (Lipinski definition) is 4. The Balaban J connectivity index is 1.78. The van der Waals surface area contributed by atoms with Gasteiger partial charge in [0.15, 0.2) is 0 Å². The van der Waals surface area contributed by atoms with Crippen molar-refractivity contribution in [1.29, 1.82) is 0 Å². The maximum atomic E-state index is 11.8. The summed E-state index contributed by atoms with van der Waals surface area (Å²) >= 11 is 0. The SMILES string of the molecule is O=C(CCC1CCNC1)N[C@@H](Cc1cnc[nH]1)C(=O)O. The van der Waals surface area contributed by atoms with Gasteiger partial charge in [-0.1, -0.05) is 0 Å². The van der Waals surface area contributed by atoms with E-state index >= 15 is 0 Å². The van der Waals surface area contributed by atoms with Crippen LogP contribution < -0.4 is 10.6 Å². The van der Waals surface area contributed by atoms with Crippen LogP contribution in [0.5, 0.6) is 0 Å². The van der Waals surface area contributed by atoms with Gasteiger partial charge < -0.3 is 20.7 Å². The van der Waals surface area contributed by atoms with Crippen LogP contribution in [0.25, 0.3) is 0 Å². The second-order valence-electron chi connectivity index (χ2n) is 5.14. The zero-order valence-electron chi connectivity index (χ0n) is 11.3. The highest BCUT2D eigenvalue weighted by atomic mass is 16.4. The Labute approximate surface area is 117 Å². The Hall–Kier alpha value is -1.89. The molecule has 0 spiro atoms. The summed E-state index contributed by atoms with van der Waals surface area (Å²) in [7, 11) is 0. The van der Waals surface area contributed by atoms with Crippen LogP contribution in [0.15, 0.2) is 12.5 Å². The summed E-state index contributed by atoms with van der Waals surface area (Å²) in [4.78, 5) is 29.7. The number of nitrogens with one attached hydrogen (secondary N) is 3. The fourth-order valence-corrected chi connectivity index (χ4v) is 2.38. The van der Waals surface area contributed by atoms with Gasteiger partial charge in [-0.25, -0.2) is 9.78 Å².